The third kappa shape index (κ3) is 2.94. The average Bonchev–Trinajstić information content (AvgIpc) is 3.57. The molecule has 5 aromatic rings. The van der Waals surface area contributed by atoms with E-state index in [0.29, 0.717) is 29.3 Å². The fraction of sp³-hybridized carbons (Fsp3) is 0.174. The van der Waals surface area contributed by atoms with E-state index in [4.69, 9.17) is 4.52 Å². The van der Waals surface area contributed by atoms with Gasteiger partial charge < -0.3 is 19.6 Å². The lowest BCUT2D eigenvalue weighted by molar-refractivity contribution is -0.144. The van der Waals surface area contributed by atoms with Crippen molar-refractivity contribution in [2.24, 2.45) is 0 Å². The van der Waals surface area contributed by atoms with Gasteiger partial charge in [0.2, 0.25) is 17.3 Å². The summed E-state index contributed by atoms with van der Waals surface area (Å²) in [5.41, 5.74) is 1.28. The van der Waals surface area contributed by atoms with E-state index in [9.17, 15) is 14.3 Å². The molecule has 0 bridgehead atoms. The number of rotatable bonds is 4. The highest BCUT2D eigenvalue weighted by molar-refractivity contribution is 5.92. The number of nitrogens with one attached hydrogen (secondary N) is 3. The van der Waals surface area contributed by atoms with Crippen LogP contribution in [-0.2, 0) is 16.8 Å². The number of aliphatic carboxylic acids is 1. The van der Waals surface area contributed by atoms with E-state index in [1.54, 1.807) is 13.1 Å². The first-order chi connectivity index (χ1) is 16.5. The lowest BCUT2D eigenvalue weighted by Gasteiger charge is -2.36. The number of carbonyl (C=O) groups is 1. The second-order valence-corrected chi connectivity index (χ2v) is 8.15. The predicted molar refractivity (Wildman–Crippen MR) is 117 cm³/mol. The molecule has 0 amide bonds. The summed E-state index contributed by atoms with van der Waals surface area (Å²) in [6.45, 7) is 1.60. The van der Waals surface area contributed by atoms with Gasteiger partial charge in [0.05, 0.1) is 23.6 Å². The Morgan fingerprint density at radius 1 is 1.21 bits per heavy atom. The molecule has 5 heterocycles. The van der Waals surface area contributed by atoms with Gasteiger partial charge in [0, 0.05) is 24.0 Å². The molecule has 11 heteroatoms. The van der Waals surface area contributed by atoms with Gasteiger partial charge in [-0.3, -0.25) is 10.3 Å². The molecule has 0 saturated heterocycles. The van der Waals surface area contributed by atoms with Gasteiger partial charge in [0.15, 0.2) is 0 Å². The fourth-order valence-corrected chi connectivity index (χ4v) is 4.55. The molecule has 34 heavy (non-hydrogen) atoms. The molecule has 10 nitrogen and oxygen atoms in total. The Labute approximate surface area is 191 Å². The maximum absolute atomic E-state index is 13.3. The van der Waals surface area contributed by atoms with Gasteiger partial charge in [-0.1, -0.05) is 23.4 Å². The van der Waals surface area contributed by atoms with Crippen LogP contribution in [0.15, 0.2) is 53.3 Å². The monoisotopic (exact) mass is 459 g/mol. The number of nitrogens with zero attached hydrogens (tertiary/aromatic N) is 4. The number of para-hydroxylation sites is 1. The molecule has 4 aromatic heterocycles. The van der Waals surface area contributed by atoms with Gasteiger partial charge in [0.1, 0.15) is 17.3 Å². The molecule has 0 aliphatic carbocycles. The summed E-state index contributed by atoms with van der Waals surface area (Å²) in [6, 6.07) is 9.92. The van der Waals surface area contributed by atoms with E-state index in [-0.39, 0.29) is 11.7 Å². The van der Waals surface area contributed by atoms with Crippen LogP contribution in [0.3, 0.4) is 0 Å². The van der Waals surface area contributed by atoms with Gasteiger partial charge in [-0.25, -0.2) is 14.2 Å². The minimum Gasteiger partial charge on any atom is -0.479 e. The number of fused-ring (bicyclic) bond motifs is 3. The number of benzene rings is 1. The lowest BCUT2D eigenvalue weighted by Crippen LogP contribution is -2.56. The number of hydrogen-bond acceptors (Lipinski definition) is 7. The van der Waals surface area contributed by atoms with Crippen LogP contribution in [-0.4, -0.2) is 41.2 Å². The van der Waals surface area contributed by atoms with Crippen molar-refractivity contribution in [2.45, 2.75) is 24.9 Å². The summed E-state index contributed by atoms with van der Waals surface area (Å²) in [5.74, 6) is -0.885. The number of aryl methyl sites for hydroxylation is 1. The molecular formula is C23H18FN7O3. The van der Waals surface area contributed by atoms with Crippen LogP contribution in [0.1, 0.15) is 34.8 Å². The largest absolute Gasteiger partial charge is 0.479 e. The molecule has 170 valence electrons. The summed E-state index contributed by atoms with van der Waals surface area (Å²) < 4.78 is 18.4. The number of carboxylic acid groups (broad SMARTS) is 1. The number of hydrogen-bond donors (Lipinski definition) is 4. The van der Waals surface area contributed by atoms with Gasteiger partial charge in [0.25, 0.3) is 0 Å². The van der Waals surface area contributed by atoms with Gasteiger partial charge in [-0.05, 0) is 30.2 Å². The minimum absolute atomic E-state index is 0.0120. The van der Waals surface area contributed by atoms with Crippen LogP contribution < -0.4 is 5.32 Å². The van der Waals surface area contributed by atoms with Crippen LogP contribution in [0.5, 0.6) is 0 Å². The number of carboxylic acids is 1. The zero-order valence-corrected chi connectivity index (χ0v) is 17.8. The quantitative estimate of drug-likeness (QED) is 0.321. The van der Waals surface area contributed by atoms with E-state index in [1.807, 2.05) is 24.3 Å². The number of H-pyrrole nitrogens is 2. The third-order valence-electron chi connectivity index (χ3n) is 6.09. The van der Waals surface area contributed by atoms with Crippen LogP contribution in [0.4, 0.5) is 4.39 Å². The van der Waals surface area contributed by atoms with Gasteiger partial charge in [-0.2, -0.15) is 4.98 Å². The summed E-state index contributed by atoms with van der Waals surface area (Å²) in [6.07, 6.45) is 3.23. The van der Waals surface area contributed by atoms with Crippen molar-refractivity contribution in [3.63, 3.8) is 0 Å². The molecule has 0 radical (unpaired) electrons. The van der Waals surface area contributed by atoms with E-state index >= 15 is 0 Å². The molecule has 1 aliphatic heterocycles. The molecule has 0 fully saturated rings. The Balaban J connectivity index is 1.52. The van der Waals surface area contributed by atoms with E-state index in [2.05, 4.69) is 35.4 Å². The van der Waals surface area contributed by atoms with E-state index in [0.717, 1.165) is 22.7 Å². The number of pyridine rings is 1. The van der Waals surface area contributed by atoms with Crippen molar-refractivity contribution in [1.82, 2.24) is 35.4 Å². The molecular weight excluding hydrogens is 441 g/mol. The van der Waals surface area contributed by atoms with E-state index in [1.165, 1.54) is 12.1 Å². The zero-order chi connectivity index (χ0) is 23.4. The van der Waals surface area contributed by atoms with Crippen LogP contribution in [0.2, 0.25) is 0 Å². The molecule has 0 saturated carbocycles. The van der Waals surface area contributed by atoms with Gasteiger partial charge in [-0.15, -0.1) is 0 Å². The molecule has 1 aliphatic rings. The summed E-state index contributed by atoms with van der Waals surface area (Å²) in [5, 5.41) is 18.6. The second-order valence-electron chi connectivity index (χ2n) is 8.15. The zero-order valence-electron chi connectivity index (χ0n) is 17.8. The number of halogens is 1. The standard InChI is InChI=1S/C23H18FN7O3/c1-11-27-21(31-34-11)23(22(32)33)19-14(13-4-2-3-5-15(13)28-19)8-17(30-23)20-26-10-18(29-20)16-7-6-12(24)9-25-16/h2-7,9-10,17,28,30H,8H2,1H3,(H,26,29)(H,32,33)/t17-,23?/m1/s1. The first kappa shape index (κ1) is 20.2. The molecule has 4 N–H and O–H groups in total. The Kier molecular flexibility index (Phi) is 4.36. The first-order valence-electron chi connectivity index (χ1n) is 10.5. The summed E-state index contributed by atoms with van der Waals surface area (Å²) in [7, 11) is 0. The van der Waals surface area contributed by atoms with Crippen molar-refractivity contribution in [3.8, 4) is 11.4 Å². The Morgan fingerprint density at radius 3 is 2.79 bits per heavy atom. The molecule has 1 aromatic carbocycles. The Hall–Kier alpha value is -4.38. The summed E-state index contributed by atoms with van der Waals surface area (Å²) in [4.78, 5) is 32.2. The molecule has 0 spiro atoms. The Bertz CT molecular complexity index is 1540. The highest BCUT2D eigenvalue weighted by atomic mass is 19.1. The van der Waals surface area contributed by atoms with Crippen LogP contribution >= 0.6 is 0 Å². The number of aromatic nitrogens is 6. The van der Waals surface area contributed by atoms with Crippen molar-refractivity contribution >= 4 is 16.9 Å². The van der Waals surface area contributed by atoms with Crippen LogP contribution in [0, 0.1) is 12.7 Å². The number of imidazole rings is 1. The van der Waals surface area contributed by atoms with Gasteiger partial charge >= 0.3 is 5.97 Å². The number of aromatic amines is 2. The van der Waals surface area contributed by atoms with Crippen molar-refractivity contribution < 1.29 is 18.8 Å². The molecule has 1 unspecified atom stereocenters. The average molecular weight is 459 g/mol. The summed E-state index contributed by atoms with van der Waals surface area (Å²) >= 11 is 0. The maximum Gasteiger partial charge on any atom is 0.338 e. The Morgan fingerprint density at radius 2 is 2.06 bits per heavy atom. The highest BCUT2D eigenvalue weighted by Crippen LogP contribution is 2.42. The van der Waals surface area contributed by atoms with Crippen molar-refractivity contribution in [1.29, 1.82) is 0 Å². The third-order valence-corrected chi connectivity index (χ3v) is 6.09. The van der Waals surface area contributed by atoms with Crippen molar-refractivity contribution in [3.05, 3.63) is 83.4 Å². The minimum atomic E-state index is -1.80. The SMILES string of the molecule is Cc1nc(C2(C(=O)O)N[C@@H](c3nc(-c4ccc(F)cn4)c[nH]3)Cc3c2[nH]c2ccccc32)no1. The molecule has 2 atom stereocenters. The smallest absolute Gasteiger partial charge is 0.338 e. The van der Waals surface area contributed by atoms with Crippen LogP contribution in [0.25, 0.3) is 22.3 Å². The second kappa shape index (κ2) is 7.32. The highest BCUT2D eigenvalue weighted by Gasteiger charge is 2.54. The normalized spacial score (nSPS) is 19.9. The first-order valence-corrected chi connectivity index (χ1v) is 10.5. The topological polar surface area (TPSA) is 146 Å². The molecule has 6 rings (SSSR count). The lowest BCUT2D eigenvalue weighted by atomic mass is 9.82. The maximum atomic E-state index is 13.3. The van der Waals surface area contributed by atoms with E-state index < -0.39 is 23.4 Å². The predicted octanol–water partition coefficient (Wildman–Crippen LogP) is 3.00. The fourth-order valence-electron chi connectivity index (χ4n) is 4.55. The van der Waals surface area contributed by atoms with Crippen molar-refractivity contribution in [2.75, 3.05) is 0 Å².